The Morgan fingerprint density at radius 3 is 2.70 bits per heavy atom. The monoisotopic (exact) mass is 299 g/mol. The van der Waals surface area contributed by atoms with Crippen LogP contribution in [-0.4, -0.2) is 36.8 Å². The van der Waals surface area contributed by atoms with E-state index >= 15 is 0 Å². The average Bonchev–Trinajstić information content (AvgIpc) is 2.82. The van der Waals surface area contributed by atoms with E-state index < -0.39 is 5.97 Å². The average molecular weight is 299 g/mol. The molecule has 1 amide bonds. The van der Waals surface area contributed by atoms with E-state index in [1.165, 1.54) is 25.6 Å². The second-order valence-electron chi connectivity index (χ2n) is 4.30. The number of methoxy groups -OCH3 is 1. The Balaban J connectivity index is 2.82. The van der Waals surface area contributed by atoms with Crippen molar-refractivity contribution in [3.05, 3.63) is 11.1 Å². The molecule has 20 heavy (non-hydrogen) atoms. The van der Waals surface area contributed by atoms with Gasteiger partial charge in [-0.15, -0.1) is 11.3 Å². The number of nitrogens with zero attached hydrogens (tertiary/aromatic N) is 2. The Bertz CT molecular complexity index is 511. The van der Waals surface area contributed by atoms with Crippen LogP contribution in [0.2, 0.25) is 0 Å². The quantitative estimate of drug-likeness (QED) is 0.490. The lowest BCUT2D eigenvalue weighted by Crippen LogP contribution is -2.18. The zero-order valence-electron chi connectivity index (χ0n) is 11.8. The van der Waals surface area contributed by atoms with Gasteiger partial charge in [-0.1, -0.05) is 19.0 Å². The summed E-state index contributed by atoms with van der Waals surface area (Å²) in [6.07, 6.45) is 0.408. The van der Waals surface area contributed by atoms with Crippen molar-refractivity contribution in [3.63, 3.8) is 0 Å². The number of aromatic nitrogens is 1. The van der Waals surface area contributed by atoms with Crippen molar-refractivity contribution in [2.45, 2.75) is 20.3 Å². The van der Waals surface area contributed by atoms with Crippen LogP contribution in [0.5, 0.6) is 0 Å². The number of thiazole rings is 1. The topological polar surface area (TPSA) is 89.9 Å². The highest BCUT2D eigenvalue weighted by Crippen LogP contribution is 2.17. The lowest BCUT2D eigenvalue weighted by Gasteiger charge is -2.03. The van der Waals surface area contributed by atoms with Crippen molar-refractivity contribution in [2.75, 3.05) is 19.5 Å². The summed E-state index contributed by atoms with van der Waals surface area (Å²) in [4.78, 5) is 31.9. The second-order valence-corrected chi connectivity index (χ2v) is 5.16. The van der Waals surface area contributed by atoms with Crippen molar-refractivity contribution in [2.24, 2.45) is 11.1 Å². The highest BCUT2D eigenvalue weighted by atomic mass is 32.1. The predicted octanol–water partition coefficient (Wildman–Crippen LogP) is 1.65. The fourth-order valence-corrected chi connectivity index (χ4v) is 2.07. The van der Waals surface area contributed by atoms with E-state index in [2.05, 4.69) is 25.0 Å². The summed E-state index contributed by atoms with van der Waals surface area (Å²) in [5, 5.41) is 8.25. The van der Waals surface area contributed by atoms with Crippen molar-refractivity contribution >= 4 is 34.1 Å². The lowest BCUT2D eigenvalue weighted by molar-refractivity contribution is -0.132. The first-order chi connectivity index (χ1) is 9.47. The molecule has 0 aliphatic carbocycles. The van der Waals surface area contributed by atoms with Crippen molar-refractivity contribution in [1.82, 2.24) is 4.98 Å². The van der Waals surface area contributed by atoms with E-state index in [-0.39, 0.29) is 17.5 Å². The SMILES string of the molecule is CON=C(C(=O)OC)c1csc(NC(=O)CC(C)C)n1. The number of amides is 1. The minimum absolute atomic E-state index is 0.0457. The molecule has 0 bridgehead atoms. The van der Waals surface area contributed by atoms with Gasteiger partial charge in [0.1, 0.15) is 12.8 Å². The maximum atomic E-state index is 11.6. The van der Waals surface area contributed by atoms with E-state index in [1.807, 2.05) is 13.8 Å². The number of ether oxygens (including phenoxy) is 1. The molecule has 0 unspecified atom stereocenters. The third kappa shape index (κ3) is 4.61. The van der Waals surface area contributed by atoms with Crippen LogP contribution in [0.25, 0.3) is 0 Å². The molecule has 0 radical (unpaired) electrons. The Hall–Kier alpha value is -1.96. The molecule has 1 aromatic rings. The van der Waals surface area contributed by atoms with Gasteiger partial charge in [-0.3, -0.25) is 4.79 Å². The molecule has 0 aromatic carbocycles. The predicted molar refractivity (Wildman–Crippen MR) is 75.8 cm³/mol. The summed E-state index contributed by atoms with van der Waals surface area (Å²) in [5.41, 5.74) is 0.249. The van der Waals surface area contributed by atoms with E-state index in [1.54, 1.807) is 5.38 Å². The molecule has 1 aromatic heterocycles. The van der Waals surface area contributed by atoms with Crippen LogP contribution in [-0.2, 0) is 19.2 Å². The lowest BCUT2D eigenvalue weighted by atomic mass is 10.1. The van der Waals surface area contributed by atoms with Gasteiger partial charge in [0.05, 0.1) is 7.11 Å². The fraction of sp³-hybridized carbons (Fsp3) is 0.500. The Morgan fingerprint density at radius 2 is 2.15 bits per heavy atom. The zero-order valence-corrected chi connectivity index (χ0v) is 12.6. The molecular weight excluding hydrogens is 282 g/mol. The summed E-state index contributed by atoms with van der Waals surface area (Å²) in [6, 6.07) is 0. The normalized spacial score (nSPS) is 11.3. The molecule has 0 saturated carbocycles. The minimum Gasteiger partial charge on any atom is -0.464 e. The molecule has 0 spiro atoms. The number of oxime groups is 1. The zero-order chi connectivity index (χ0) is 15.1. The molecular formula is C12H17N3O4S. The van der Waals surface area contributed by atoms with Crippen molar-refractivity contribution < 1.29 is 19.2 Å². The third-order valence-corrected chi connectivity index (χ3v) is 2.91. The highest BCUT2D eigenvalue weighted by molar-refractivity contribution is 7.14. The molecule has 7 nitrogen and oxygen atoms in total. The molecule has 0 saturated heterocycles. The Kier molecular flexibility index (Phi) is 6.10. The highest BCUT2D eigenvalue weighted by Gasteiger charge is 2.19. The van der Waals surface area contributed by atoms with Crippen LogP contribution in [0.4, 0.5) is 5.13 Å². The minimum atomic E-state index is -0.655. The Labute approximate surface area is 121 Å². The maximum Gasteiger partial charge on any atom is 0.362 e. The van der Waals surface area contributed by atoms with Gasteiger partial charge in [0.25, 0.3) is 0 Å². The smallest absolute Gasteiger partial charge is 0.362 e. The molecule has 1 N–H and O–H groups in total. The van der Waals surface area contributed by atoms with Crippen LogP contribution in [0.1, 0.15) is 26.0 Å². The molecule has 1 rings (SSSR count). The van der Waals surface area contributed by atoms with Crippen LogP contribution in [0.15, 0.2) is 10.5 Å². The number of nitrogens with one attached hydrogen (secondary N) is 1. The summed E-state index contributed by atoms with van der Waals surface area (Å²) in [5.74, 6) is -0.517. The van der Waals surface area contributed by atoms with E-state index in [9.17, 15) is 9.59 Å². The first-order valence-corrected chi connectivity index (χ1v) is 6.81. The maximum absolute atomic E-state index is 11.6. The van der Waals surface area contributed by atoms with Crippen LogP contribution in [0.3, 0.4) is 0 Å². The van der Waals surface area contributed by atoms with Crippen molar-refractivity contribution in [3.8, 4) is 0 Å². The van der Waals surface area contributed by atoms with Gasteiger partial charge >= 0.3 is 5.97 Å². The van der Waals surface area contributed by atoms with Crippen molar-refractivity contribution in [1.29, 1.82) is 0 Å². The number of esters is 1. The number of hydrogen-bond donors (Lipinski definition) is 1. The third-order valence-electron chi connectivity index (χ3n) is 2.15. The molecule has 0 aliphatic rings. The number of carbonyl (C=O) groups is 2. The van der Waals surface area contributed by atoms with Crippen LogP contribution >= 0.6 is 11.3 Å². The Morgan fingerprint density at radius 1 is 1.45 bits per heavy atom. The summed E-state index contributed by atoms with van der Waals surface area (Å²) >= 11 is 1.20. The number of anilines is 1. The second kappa shape index (κ2) is 7.59. The molecule has 0 atom stereocenters. The molecule has 0 aliphatic heterocycles. The first kappa shape index (κ1) is 16.1. The van der Waals surface area contributed by atoms with Crippen LogP contribution < -0.4 is 5.32 Å². The van der Waals surface area contributed by atoms with Gasteiger partial charge in [-0.2, -0.15) is 0 Å². The summed E-state index contributed by atoms with van der Waals surface area (Å²) in [7, 11) is 2.56. The van der Waals surface area contributed by atoms with Gasteiger partial charge in [0.15, 0.2) is 5.13 Å². The first-order valence-electron chi connectivity index (χ1n) is 5.93. The van der Waals surface area contributed by atoms with Gasteiger partial charge in [0, 0.05) is 11.8 Å². The van der Waals surface area contributed by atoms with Crippen LogP contribution in [0, 0.1) is 5.92 Å². The van der Waals surface area contributed by atoms with Gasteiger partial charge in [-0.05, 0) is 5.92 Å². The molecule has 110 valence electrons. The summed E-state index contributed by atoms with van der Waals surface area (Å²) < 4.78 is 4.59. The van der Waals surface area contributed by atoms with E-state index in [0.717, 1.165) is 0 Å². The van der Waals surface area contributed by atoms with Gasteiger partial charge < -0.3 is 14.9 Å². The van der Waals surface area contributed by atoms with E-state index in [0.29, 0.717) is 17.2 Å². The largest absolute Gasteiger partial charge is 0.464 e. The fourth-order valence-electron chi connectivity index (χ4n) is 1.36. The summed E-state index contributed by atoms with van der Waals surface area (Å²) in [6.45, 7) is 3.90. The molecule has 1 heterocycles. The number of carbonyl (C=O) groups excluding carboxylic acids is 2. The standard InChI is InChI=1S/C12H17N3O4S/c1-7(2)5-9(16)14-12-13-8(6-20-12)10(15-19-4)11(17)18-3/h6-7H,5H2,1-4H3,(H,13,14,16). The number of rotatable bonds is 6. The van der Waals surface area contributed by atoms with Gasteiger partial charge in [-0.25, -0.2) is 9.78 Å². The number of hydrogen-bond acceptors (Lipinski definition) is 7. The van der Waals surface area contributed by atoms with E-state index in [4.69, 9.17) is 0 Å². The molecule has 0 fully saturated rings. The van der Waals surface area contributed by atoms with Gasteiger partial charge in [0.2, 0.25) is 11.6 Å². The molecule has 8 heteroatoms.